The van der Waals surface area contributed by atoms with E-state index in [1.807, 2.05) is 0 Å². The molecule has 1 aliphatic heterocycles. The van der Waals surface area contributed by atoms with Gasteiger partial charge in [-0.25, -0.2) is 4.79 Å². The van der Waals surface area contributed by atoms with E-state index in [0.717, 1.165) is 0 Å². The van der Waals surface area contributed by atoms with Crippen LogP contribution in [0.4, 0.5) is 0 Å². The number of benzene rings is 1. The van der Waals surface area contributed by atoms with Crippen LogP contribution in [0.1, 0.15) is 22.0 Å². The van der Waals surface area contributed by atoms with Crippen molar-refractivity contribution in [1.82, 2.24) is 0 Å². The van der Waals surface area contributed by atoms with Crippen LogP contribution in [-0.2, 0) is 4.74 Å². The number of methoxy groups -OCH3 is 1. The van der Waals surface area contributed by atoms with Gasteiger partial charge in [0.15, 0.2) is 0 Å². The monoisotopic (exact) mass is 222 g/mol. The van der Waals surface area contributed by atoms with Gasteiger partial charge in [-0.15, -0.1) is 0 Å². The van der Waals surface area contributed by atoms with Crippen molar-refractivity contribution in [2.45, 2.75) is 12.4 Å². The zero-order valence-electron chi connectivity index (χ0n) is 8.71. The molecular weight excluding hydrogens is 211 g/mol. The first kappa shape index (κ1) is 11.0. The molecule has 1 aromatic rings. The Morgan fingerprint density at radius 3 is 3.00 bits per heavy atom. The van der Waals surface area contributed by atoms with Gasteiger partial charge in [-0.05, 0) is 6.07 Å². The summed E-state index contributed by atoms with van der Waals surface area (Å²) in [6.07, 6.45) is -0.0370. The smallest absolute Gasteiger partial charge is 0.525 e. The molecule has 1 aliphatic rings. The molecule has 0 aliphatic carbocycles. The highest BCUT2D eigenvalue weighted by Crippen LogP contribution is 2.37. The molecule has 1 aromatic carbocycles. The maximum absolute atomic E-state index is 11.0. The predicted molar refractivity (Wildman–Crippen MR) is 56.6 cm³/mol. The highest BCUT2D eigenvalue weighted by atomic mass is 16.5. The highest BCUT2D eigenvalue weighted by Gasteiger charge is 2.34. The number of carbonyl (C=O) groups is 1. The normalized spacial score (nSPS) is 18.9. The van der Waals surface area contributed by atoms with Crippen LogP contribution in [0, 0.1) is 0 Å². The Balaban J connectivity index is 2.52. The van der Waals surface area contributed by atoms with Gasteiger partial charge in [0.05, 0.1) is 6.10 Å². The first-order chi connectivity index (χ1) is 7.63. The van der Waals surface area contributed by atoms with Crippen molar-refractivity contribution in [3.63, 3.8) is 0 Å². The van der Waals surface area contributed by atoms with Crippen molar-refractivity contribution in [2.75, 3.05) is 7.11 Å². The van der Waals surface area contributed by atoms with Gasteiger partial charge in [0.1, 0.15) is 11.3 Å². The molecule has 0 radical (unpaired) electrons. The van der Waals surface area contributed by atoms with Crippen LogP contribution in [0.5, 0.6) is 5.75 Å². The fourth-order valence-corrected chi connectivity index (χ4v) is 1.83. The summed E-state index contributed by atoms with van der Waals surface area (Å²) >= 11 is 0. The Hall–Kier alpha value is -1.53. The van der Waals surface area contributed by atoms with Gasteiger partial charge in [-0.3, -0.25) is 0 Å². The lowest BCUT2D eigenvalue weighted by atomic mass is 9.76. The third-order valence-corrected chi connectivity index (χ3v) is 2.58. The van der Waals surface area contributed by atoms with Crippen LogP contribution in [-0.4, -0.2) is 30.3 Å². The summed E-state index contributed by atoms with van der Waals surface area (Å²) < 4.78 is 10.3. The third kappa shape index (κ3) is 1.77. The van der Waals surface area contributed by atoms with Gasteiger partial charge in [0.25, 0.3) is 0 Å². The van der Waals surface area contributed by atoms with Crippen LogP contribution in [0.3, 0.4) is 0 Å². The standard InChI is InChI=1S/C10H11BO5/c1-15-8-5-11(14)16-9-6(8)3-2-4-7(9)10(12)13/h2-4,8,14H,5H2,1H3,(H,12,13)/t8-/m1/s1. The van der Waals surface area contributed by atoms with E-state index in [1.165, 1.54) is 13.2 Å². The average Bonchev–Trinajstić information content (AvgIpc) is 2.26. The quantitative estimate of drug-likeness (QED) is 0.728. The number of hydrogen-bond acceptors (Lipinski definition) is 4. The molecule has 2 rings (SSSR count). The van der Waals surface area contributed by atoms with Crippen molar-refractivity contribution in [2.24, 2.45) is 0 Å². The number of carboxylic acid groups (broad SMARTS) is 1. The summed E-state index contributed by atoms with van der Waals surface area (Å²) in [6, 6.07) is 4.81. The van der Waals surface area contributed by atoms with E-state index < -0.39 is 13.1 Å². The summed E-state index contributed by atoms with van der Waals surface area (Å²) in [5, 5.41) is 18.5. The van der Waals surface area contributed by atoms with Crippen molar-refractivity contribution in [3.8, 4) is 5.75 Å². The molecule has 1 atom stereocenters. The van der Waals surface area contributed by atoms with Gasteiger partial charge in [-0.2, -0.15) is 0 Å². The molecule has 0 unspecified atom stereocenters. The fraction of sp³-hybridized carbons (Fsp3) is 0.300. The SMILES string of the molecule is CO[C@@H]1CB(O)Oc2c(C(=O)O)cccc21. The molecule has 2 N–H and O–H groups in total. The maximum Gasteiger partial charge on any atom is 0.525 e. The molecule has 0 saturated carbocycles. The minimum absolute atomic E-state index is 0.0401. The van der Waals surface area contributed by atoms with E-state index in [-0.39, 0.29) is 17.4 Å². The first-order valence-electron chi connectivity index (χ1n) is 4.87. The van der Waals surface area contributed by atoms with Gasteiger partial charge in [0, 0.05) is 19.0 Å². The first-order valence-corrected chi connectivity index (χ1v) is 4.87. The number of carboxylic acids is 1. The highest BCUT2D eigenvalue weighted by molar-refractivity contribution is 6.44. The number of para-hydroxylation sites is 1. The molecular formula is C10H11BO5. The summed E-state index contributed by atoms with van der Waals surface area (Å²) in [7, 11) is 0.484. The molecule has 0 bridgehead atoms. The molecule has 84 valence electrons. The van der Waals surface area contributed by atoms with E-state index in [2.05, 4.69) is 0 Å². The fourth-order valence-electron chi connectivity index (χ4n) is 1.83. The van der Waals surface area contributed by atoms with E-state index in [0.29, 0.717) is 11.9 Å². The summed E-state index contributed by atoms with van der Waals surface area (Å²) in [6.45, 7) is 0. The van der Waals surface area contributed by atoms with Crippen LogP contribution in [0.15, 0.2) is 18.2 Å². The van der Waals surface area contributed by atoms with Crippen LogP contribution in [0.25, 0.3) is 0 Å². The van der Waals surface area contributed by atoms with Gasteiger partial charge >= 0.3 is 13.1 Å². The number of aromatic carboxylic acids is 1. The number of fused-ring (bicyclic) bond motifs is 1. The Morgan fingerprint density at radius 1 is 1.62 bits per heavy atom. The van der Waals surface area contributed by atoms with Gasteiger partial charge < -0.3 is 19.5 Å². The van der Waals surface area contributed by atoms with Crippen molar-refractivity contribution in [3.05, 3.63) is 29.3 Å². The Bertz CT molecular complexity index is 420. The molecule has 5 nitrogen and oxygen atoms in total. The summed E-state index contributed by atoms with van der Waals surface area (Å²) in [4.78, 5) is 11.0. The lowest BCUT2D eigenvalue weighted by molar-refractivity contribution is 0.0691. The molecule has 0 saturated heterocycles. The third-order valence-electron chi connectivity index (χ3n) is 2.58. The van der Waals surface area contributed by atoms with E-state index in [1.54, 1.807) is 12.1 Å². The molecule has 0 amide bonds. The second kappa shape index (κ2) is 4.15. The molecule has 0 aromatic heterocycles. The number of rotatable bonds is 2. The van der Waals surface area contributed by atoms with Gasteiger partial charge in [0.2, 0.25) is 0 Å². The lowest BCUT2D eigenvalue weighted by Crippen LogP contribution is -2.31. The zero-order chi connectivity index (χ0) is 11.7. The van der Waals surface area contributed by atoms with E-state index in [9.17, 15) is 9.82 Å². The largest absolute Gasteiger partial charge is 0.535 e. The van der Waals surface area contributed by atoms with E-state index in [4.69, 9.17) is 14.5 Å². The Kier molecular flexibility index (Phi) is 2.85. The van der Waals surface area contributed by atoms with Crippen molar-refractivity contribution < 1.29 is 24.3 Å². The van der Waals surface area contributed by atoms with Crippen LogP contribution >= 0.6 is 0 Å². The molecule has 0 spiro atoms. The predicted octanol–water partition coefficient (Wildman–Crippen LogP) is 0.945. The second-order valence-corrected chi connectivity index (χ2v) is 3.56. The maximum atomic E-state index is 11.0. The lowest BCUT2D eigenvalue weighted by Gasteiger charge is -2.27. The number of ether oxygens (including phenoxy) is 1. The Labute approximate surface area is 92.8 Å². The minimum Gasteiger partial charge on any atom is -0.535 e. The Morgan fingerprint density at radius 2 is 2.38 bits per heavy atom. The summed E-state index contributed by atoms with van der Waals surface area (Å²) in [5.41, 5.74) is 0.700. The molecule has 1 heterocycles. The minimum atomic E-state index is -1.08. The summed E-state index contributed by atoms with van der Waals surface area (Å²) in [5.74, 6) is -0.888. The second-order valence-electron chi connectivity index (χ2n) is 3.56. The van der Waals surface area contributed by atoms with Crippen LogP contribution in [0.2, 0.25) is 6.32 Å². The average molecular weight is 222 g/mol. The van der Waals surface area contributed by atoms with Crippen molar-refractivity contribution in [1.29, 1.82) is 0 Å². The molecule has 16 heavy (non-hydrogen) atoms. The molecule has 0 fully saturated rings. The van der Waals surface area contributed by atoms with Crippen LogP contribution < -0.4 is 4.65 Å². The molecule has 6 heteroatoms. The van der Waals surface area contributed by atoms with E-state index >= 15 is 0 Å². The number of hydrogen-bond donors (Lipinski definition) is 2. The topological polar surface area (TPSA) is 76.0 Å². The zero-order valence-corrected chi connectivity index (χ0v) is 8.71. The van der Waals surface area contributed by atoms with Gasteiger partial charge in [-0.1, -0.05) is 12.1 Å². The van der Waals surface area contributed by atoms with Crippen molar-refractivity contribution >= 4 is 13.1 Å².